The number of benzene rings is 1. The highest BCUT2D eigenvalue weighted by atomic mass is 32.2. The summed E-state index contributed by atoms with van der Waals surface area (Å²) in [7, 11) is -3.52. The Morgan fingerprint density at radius 3 is 2.41 bits per heavy atom. The van der Waals surface area contributed by atoms with Crippen LogP contribution in [-0.2, 0) is 10.0 Å². The minimum Gasteiger partial charge on any atom is -0.351 e. The summed E-state index contributed by atoms with van der Waals surface area (Å²) < 4.78 is 27.8. The van der Waals surface area contributed by atoms with Gasteiger partial charge in [-0.3, -0.25) is 4.79 Å². The maximum Gasteiger partial charge on any atom is 0.270 e. The zero-order valence-corrected chi connectivity index (χ0v) is 16.8. The summed E-state index contributed by atoms with van der Waals surface area (Å²) in [5, 5.41) is 0.761. The van der Waals surface area contributed by atoms with Crippen molar-refractivity contribution >= 4 is 26.8 Å². The molecule has 2 fully saturated rings. The standard InChI is InChI=1S/C20H27N3O3S/c1-14-9-15(2)13-23(12-14)27(25,26)17-5-6-18-16(10-17)11-19(21-18)20(24)22-7-3-4-8-22/h5-6,10-11,14-15,21H,3-4,7-9,12-13H2,1-2H3. The topological polar surface area (TPSA) is 73.5 Å². The van der Waals surface area contributed by atoms with Crippen molar-refractivity contribution in [1.29, 1.82) is 0 Å². The fourth-order valence-corrected chi connectivity index (χ4v) is 6.14. The van der Waals surface area contributed by atoms with Gasteiger partial charge in [0.2, 0.25) is 10.0 Å². The second-order valence-electron chi connectivity index (χ2n) is 8.20. The predicted octanol–water partition coefficient (Wildman–Crippen LogP) is 3.07. The quantitative estimate of drug-likeness (QED) is 0.877. The number of rotatable bonds is 3. The number of aromatic amines is 1. The molecule has 1 aromatic heterocycles. The molecule has 146 valence electrons. The average molecular weight is 390 g/mol. The molecule has 2 aromatic rings. The summed E-state index contributed by atoms with van der Waals surface area (Å²) >= 11 is 0. The van der Waals surface area contributed by atoms with Crippen LogP contribution in [0.2, 0.25) is 0 Å². The van der Waals surface area contributed by atoms with Crippen molar-refractivity contribution in [2.45, 2.75) is 38.0 Å². The third-order valence-electron chi connectivity index (χ3n) is 5.69. The highest BCUT2D eigenvalue weighted by Gasteiger charge is 2.32. The molecule has 2 aliphatic heterocycles. The van der Waals surface area contributed by atoms with Gasteiger partial charge in [0, 0.05) is 37.1 Å². The molecule has 2 saturated heterocycles. The number of piperidine rings is 1. The molecule has 0 bridgehead atoms. The van der Waals surface area contributed by atoms with Crippen molar-refractivity contribution in [2.75, 3.05) is 26.2 Å². The minimum absolute atomic E-state index is 0.00760. The van der Waals surface area contributed by atoms with Crippen LogP contribution in [0.4, 0.5) is 0 Å². The van der Waals surface area contributed by atoms with E-state index in [-0.39, 0.29) is 5.91 Å². The first kappa shape index (κ1) is 18.5. The van der Waals surface area contributed by atoms with E-state index < -0.39 is 10.0 Å². The van der Waals surface area contributed by atoms with Crippen LogP contribution in [0, 0.1) is 11.8 Å². The first-order valence-electron chi connectivity index (χ1n) is 9.77. The van der Waals surface area contributed by atoms with Crippen molar-refractivity contribution in [3.8, 4) is 0 Å². The van der Waals surface area contributed by atoms with Crippen LogP contribution in [0.25, 0.3) is 10.9 Å². The maximum atomic E-state index is 13.1. The van der Waals surface area contributed by atoms with Gasteiger partial charge in [-0.25, -0.2) is 8.42 Å². The van der Waals surface area contributed by atoms with Crippen LogP contribution in [0.1, 0.15) is 43.6 Å². The number of sulfonamides is 1. The molecule has 2 aliphatic rings. The van der Waals surface area contributed by atoms with Gasteiger partial charge in [0.05, 0.1) is 4.90 Å². The lowest BCUT2D eigenvalue weighted by molar-refractivity contribution is 0.0788. The monoisotopic (exact) mass is 389 g/mol. The van der Waals surface area contributed by atoms with Crippen molar-refractivity contribution in [3.63, 3.8) is 0 Å². The zero-order valence-electron chi connectivity index (χ0n) is 15.9. The summed E-state index contributed by atoms with van der Waals surface area (Å²) in [6, 6.07) is 6.87. The van der Waals surface area contributed by atoms with Gasteiger partial charge in [-0.2, -0.15) is 4.31 Å². The highest BCUT2D eigenvalue weighted by molar-refractivity contribution is 7.89. The molecule has 2 atom stereocenters. The fourth-order valence-electron chi connectivity index (χ4n) is 4.43. The number of nitrogens with zero attached hydrogens (tertiary/aromatic N) is 2. The van der Waals surface area contributed by atoms with Crippen LogP contribution < -0.4 is 0 Å². The molecule has 0 spiro atoms. The van der Waals surface area contributed by atoms with E-state index in [1.807, 2.05) is 4.90 Å². The summed E-state index contributed by atoms with van der Waals surface area (Å²) in [5.41, 5.74) is 1.32. The normalized spacial score (nSPS) is 24.6. The Kier molecular flexibility index (Phi) is 4.76. The molecule has 1 N–H and O–H groups in total. The number of carbonyl (C=O) groups excluding carboxylic acids is 1. The van der Waals surface area contributed by atoms with Crippen molar-refractivity contribution in [2.24, 2.45) is 11.8 Å². The number of carbonyl (C=O) groups is 1. The number of H-pyrrole nitrogens is 1. The van der Waals surface area contributed by atoms with Gasteiger partial charge in [0.1, 0.15) is 5.69 Å². The maximum absolute atomic E-state index is 13.1. The van der Waals surface area contributed by atoms with Crippen LogP contribution in [0.15, 0.2) is 29.2 Å². The Hall–Kier alpha value is -1.86. The van der Waals surface area contributed by atoms with Gasteiger partial charge < -0.3 is 9.88 Å². The van der Waals surface area contributed by atoms with E-state index in [1.165, 1.54) is 0 Å². The van der Waals surface area contributed by atoms with Gasteiger partial charge in [-0.15, -0.1) is 0 Å². The SMILES string of the molecule is CC1CC(C)CN(S(=O)(=O)c2ccc3[nH]c(C(=O)N4CCCC4)cc3c2)C1. The number of likely N-dealkylation sites (tertiary alicyclic amines) is 1. The van der Waals surface area contributed by atoms with Gasteiger partial charge in [-0.05, 0) is 55.4 Å². The van der Waals surface area contributed by atoms with E-state index in [0.717, 1.165) is 43.3 Å². The lowest BCUT2D eigenvalue weighted by Crippen LogP contribution is -2.42. The van der Waals surface area contributed by atoms with E-state index >= 15 is 0 Å². The molecule has 6 nitrogen and oxygen atoms in total. The van der Waals surface area contributed by atoms with Crippen molar-refractivity contribution in [3.05, 3.63) is 30.0 Å². The third kappa shape index (κ3) is 3.50. The highest BCUT2D eigenvalue weighted by Crippen LogP contribution is 2.28. The third-order valence-corrected chi connectivity index (χ3v) is 7.52. The molecule has 0 saturated carbocycles. The van der Waals surface area contributed by atoms with Crippen LogP contribution in [0.3, 0.4) is 0 Å². The summed E-state index contributed by atoms with van der Waals surface area (Å²) in [6.45, 7) is 6.92. The molecule has 4 rings (SSSR count). The number of hydrogen-bond acceptors (Lipinski definition) is 3. The Balaban J connectivity index is 1.63. The first-order chi connectivity index (χ1) is 12.8. The molecule has 7 heteroatoms. The smallest absolute Gasteiger partial charge is 0.270 e. The first-order valence-corrected chi connectivity index (χ1v) is 11.2. The summed E-state index contributed by atoms with van der Waals surface area (Å²) in [6.07, 6.45) is 3.15. The van der Waals surface area contributed by atoms with Crippen molar-refractivity contribution in [1.82, 2.24) is 14.2 Å². The molecule has 1 aromatic carbocycles. The van der Waals surface area contributed by atoms with E-state index in [1.54, 1.807) is 28.6 Å². The molecule has 3 heterocycles. The Morgan fingerprint density at radius 2 is 1.74 bits per heavy atom. The fraction of sp³-hybridized carbons (Fsp3) is 0.550. The molecule has 0 radical (unpaired) electrons. The Bertz CT molecular complexity index is 950. The number of fused-ring (bicyclic) bond motifs is 1. The molecule has 1 amide bonds. The predicted molar refractivity (Wildman–Crippen MR) is 105 cm³/mol. The second kappa shape index (κ2) is 6.95. The molecule has 0 aliphatic carbocycles. The van der Waals surface area contributed by atoms with Crippen LogP contribution >= 0.6 is 0 Å². The van der Waals surface area contributed by atoms with Gasteiger partial charge in [0.15, 0.2) is 0 Å². The van der Waals surface area contributed by atoms with Gasteiger partial charge >= 0.3 is 0 Å². The lowest BCUT2D eigenvalue weighted by atomic mass is 9.94. The van der Waals surface area contributed by atoms with Gasteiger partial charge in [-0.1, -0.05) is 13.8 Å². The summed E-state index contributed by atoms with van der Waals surface area (Å²) in [5.74, 6) is 0.722. The van der Waals surface area contributed by atoms with E-state index in [2.05, 4.69) is 18.8 Å². The number of hydrogen-bond donors (Lipinski definition) is 1. The average Bonchev–Trinajstić information content (AvgIpc) is 3.29. The van der Waals surface area contributed by atoms with Gasteiger partial charge in [0.25, 0.3) is 5.91 Å². The van der Waals surface area contributed by atoms with Crippen LogP contribution in [0.5, 0.6) is 0 Å². The minimum atomic E-state index is -3.52. The lowest BCUT2D eigenvalue weighted by Gasteiger charge is -2.34. The Morgan fingerprint density at radius 1 is 1.07 bits per heavy atom. The van der Waals surface area contributed by atoms with E-state index in [0.29, 0.717) is 35.5 Å². The molecular weight excluding hydrogens is 362 g/mol. The van der Waals surface area contributed by atoms with E-state index in [4.69, 9.17) is 0 Å². The van der Waals surface area contributed by atoms with E-state index in [9.17, 15) is 13.2 Å². The molecule has 27 heavy (non-hydrogen) atoms. The largest absolute Gasteiger partial charge is 0.351 e. The number of amides is 1. The molecule has 2 unspecified atom stereocenters. The van der Waals surface area contributed by atoms with Crippen LogP contribution in [-0.4, -0.2) is 54.7 Å². The number of nitrogens with one attached hydrogen (secondary N) is 1. The van der Waals surface area contributed by atoms with Crippen molar-refractivity contribution < 1.29 is 13.2 Å². The second-order valence-corrected chi connectivity index (χ2v) is 10.1. The zero-order chi connectivity index (χ0) is 19.2. The number of aromatic nitrogens is 1. The molecular formula is C20H27N3O3S. The Labute approximate surface area is 160 Å². The summed E-state index contributed by atoms with van der Waals surface area (Å²) in [4.78, 5) is 17.9.